The maximum Gasteiger partial charge on any atom is 0.304 e. The predicted molar refractivity (Wildman–Crippen MR) is 52.0 cm³/mol. The van der Waals surface area contributed by atoms with Gasteiger partial charge in [-0.15, -0.1) is 11.8 Å². The summed E-state index contributed by atoms with van der Waals surface area (Å²) in [6, 6.07) is 0. The molecular formula is C8H15NO3S. The van der Waals surface area contributed by atoms with E-state index in [0.717, 1.165) is 13.1 Å². The van der Waals surface area contributed by atoms with Crippen LogP contribution in [0.4, 0.5) is 0 Å². The molecule has 0 aromatic rings. The molecule has 0 bridgehead atoms. The first-order valence-corrected chi connectivity index (χ1v) is 5.17. The Morgan fingerprint density at radius 2 is 2.31 bits per heavy atom. The Hall–Kier alpha value is -0.260. The third-order valence-corrected chi connectivity index (χ3v) is 3.56. The van der Waals surface area contributed by atoms with Gasteiger partial charge in [0.1, 0.15) is 0 Å². The molecule has 0 aliphatic carbocycles. The molecule has 1 rings (SSSR count). The van der Waals surface area contributed by atoms with Crippen LogP contribution in [0, 0.1) is 0 Å². The molecule has 1 fully saturated rings. The number of carboxylic acids is 1. The summed E-state index contributed by atoms with van der Waals surface area (Å²) in [6.07, 6.45) is 0.176. The van der Waals surface area contributed by atoms with Gasteiger partial charge in [0.2, 0.25) is 0 Å². The van der Waals surface area contributed by atoms with Crippen LogP contribution in [0.3, 0.4) is 0 Å². The number of rotatable bonds is 5. The van der Waals surface area contributed by atoms with E-state index in [1.165, 1.54) is 0 Å². The zero-order valence-corrected chi connectivity index (χ0v) is 8.43. The maximum absolute atomic E-state index is 10.6. The zero-order chi connectivity index (χ0) is 9.90. The molecule has 1 atom stereocenters. The second kappa shape index (κ2) is 4.30. The smallest absolute Gasteiger partial charge is 0.304 e. The Kier molecular flexibility index (Phi) is 3.58. The molecule has 76 valence electrons. The van der Waals surface area contributed by atoms with Crippen LogP contribution in [0.15, 0.2) is 0 Å². The third-order valence-electron chi connectivity index (χ3n) is 2.08. The van der Waals surface area contributed by atoms with E-state index in [9.17, 15) is 4.79 Å². The highest BCUT2D eigenvalue weighted by molar-refractivity contribution is 8.01. The fraction of sp³-hybridized carbons (Fsp3) is 0.875. The lowest BCUT2D eigenvalue weighted by atomic mass is 9.98. The fourth-order valence-electron chi connectivity index (χ4n) is 1.39. The van der Waals surface area contributed by atoms with E-state index in [0.29, 0.717) is 0 Å². The molecule has 1 unspecified atom stereocenters. The van der Waals surface area contributed by atoms with Gasteiger partial charge in [-0.1, -0.05) is 6.92 Å². The molecule has 1 aliphatic heterocycles. The van der Waals surface area contributed by atoms with Crippen molar-refractivity contribution in [2.45, 2.75) is 23.3 Å². The lowest BCUT2D eigenvalue weighted by Gasteiger charge is -2.42. The lowest BCUT2D eigenvalue weighted by molar-refractivity contribution is -0.138. The maximum atomic E-state index is 10.6. The van der Waals surface area contributed by atoms with Crippen LogP contribution in [-0.2, 0) is 4.79 Å². The molecule has 3 N–H and O–H groups in total. The molecule has 1 heterocycles. The van der Waals surface area contributed by atoms with Gasteiger partial charge in [-0.25, -0.2) is 0 Å². The first-order valence-electron chi connectivity index (χ1n) is 4.29. The summed E-state index contributed by atoms with van der Waals surface area (Å²) in [6.45, 7) is 3.47. The number of carboxylic acid groups (broad SMARTS) is 1. The molecule has 0 radical (unpaired) electrons. The van der Waals surface area contributed by atoms with Crippen molar-refractivity contribution in [1.29, 1.82) is 0 Å². The predicted octanol–water partition coefficient (Wildman–Crippen LogP) is -0.0829. The topological polar surface area (TPSA) is 69.6 Å². The number of aliphatic hydroxyl groups is 1. The average molecular weight is 205 g/mol. The Morgan fingerprint density at radius 3 is 2.62 bits per heavy atom. The fourth-order valence-corrected chi connectivity index (χ4v) is 2.90. The summed E-state index contributed by atoms with van der Waals surface area (Å²) >= 11 is 1.57. The van der Waals surface area contributed by atoms with Crippen LogP contribution in [0.2, 0.25) is 0 Å². The number of nitrogens with one attached hydrogen (secondary N) is 1. The van der Waals surface area contributed by atoms with Crippen LogP contribution in [0.1, 0.15) is 13.3 Å². The number of aliphatic carboxylic acids is 1. The van der Waals surface area contributed by atoms with Crippen molar-refractivity contribution in [1.82, 2.24) is 5.32 Å². The summed E-state index contributed by atoms with van der Waals surface area (Å²) in [4.78, 5) is 10.6. The van der Waals surface area contributed by atoms with Crippen LogP contribution in [0.25, 0.3) is 0 Å². The molecule has 0 spiro atoms. The van der Waals surface area contributed by atoms with Gasteiger partial charge in [0, 0.05) is 18.3 Å². The van der Waals surface area contributed by atoms with Crippen molar-refractivity contribution >= 4 is 17.7 Å². The summed E-state index contributed by atoms with van der Waals surface area (Å²) in [5.41, 5.74) is 0. The number of thioether (sulfide) groups is 1. The van der Waals surface area contributed by atoms with Crippen LogP contribution >= 0.6 is 11.8 Å². The molecular weight excluding hydrogens is 190 g/mol. The van der Waals surface area contributed by atoms with E-state index in [2.05, 4.69) is 5.32 Å². The molecule has 0 saturated carbocycles. The van der Waals surface area contributed by atoms with Crippen LogP contribution in [0.5, 0.6) is 0 Å². The van der Waals surface area contributed by atoms with Gasteiger partial charge in [-0.05, 0) is 0 Å². The standard InChI is InChI=1S/C8H15NO3S/c1-6(3-10)13-8(2-7(11)12)4-9-5-8/h6,9-10H,2-5H2,1H3,(H,11,12). The number of carbonyl (C=O) groups is 1. The van der Waals surface area contributed by atoms with Gasteiger partial charge < -0.3 is 15.5 Å². The quantitative estimate of drug-likeness (QED) is 0.585. The Morgan fingerprint density at radius 1 is 1.69 bits per heavy atom. The van der Waals surface area contributed by atoms with Crippen LogP contribution in [-0.4, -0.2) is 45.9 Å². The first kappa shape index (κ1) is 10.8. The normalized spacial score (nSPS) is 22.0. The van der Waals surface area contributed by atoms with Gasteiger partial charge in [0.15, 0.2) is 0 Å². The highest BCUT2D eigenvalue weighted by Crippen LogP contribution is 2.35. The van der Waals surface area contributed by atoms with E-state index in [-0.39, 0.29) is 23.0 Å². The average Bonchev–Trinajstić information content (AvgIpc) is 1.99. The minimum absolute atomic E-state index is 0.103. The molecule has 5 heteroatoms. The van der Waals surface area contributed by atoms with Gasteiger partial charge >= 0.3 is 5.97 Å². The Balaban J connectivity index is 2.44. The van der Waals surface area contributed by atoms with Crippen molar-refractivity contribution in [3.05, 3.63) is 0 Å². The monoisotopic (exact) mass is 205 g/mol. The van der Waals surface area contributed by atoms with E-state index < -0.39 is 5.97 Å². The second-order valence-electron chi connectivity index (χ2n) is 3.47. The molecule has 1 saturated heterocycles. The van der Waals surface area contributed by atoms with Crippen molar-refractivity contribution in [2.75, 3.05) is 19.7 Å². The summed E-state index contributed by atoms with van der Waals surface area (Å²) in [5.74, 6) is -0.765. The Labute approximate surface area is 81.7 Å². The highest BCUT2D eigenvalue weighted by Gasteiger charge is 2.40. The van der Waals surface area contributed by atoms with Crippen molar-refractivity contribution in [3.8, 4) is 0 Å². The zero-order valence-electron chi connectivity index (χ0n) is 7.62. The third kappa shape index (κ3) is 2.86. The summed E-state index contributed by atoms with van der Waals surface area (Å²) < 4.78 is -0.187. The molecule has 0 amide bonds. The molecule has 4 nitrogen and oxygen atoms in total. The second-order valence-corrected chi connectivity index (χ2v) is 5.37. The Bertz CT molecular complexity index is 194. The highest BCUT2D eigenvalue weighted by atomic mass is 32.2. The van der Waals surface area contributed by atoms with Gasteiger partial charge in [0.25, 0.3) is 0 Å². The van der Waals surface area contributed by atoms with Gasteiger partial charge in [-0.3, -0.25) is 4.79 Å². The molecule has 0 aromatic heterocycles. The van der Waals surface area contributed by atoms with E-state index in [1.54, 1.807) is 11.8 Å². The minimum Gasteiger partial charge on any atom is -0.481 e. The summed E-state index contributed by atoms with van der Waals surface area (Å²) in [7, 11) is 0. The van der Waals surface area contributed by atoms with Crippen molar-refractivity contribution in [3.63, 3.8) is 0 Å². The van der Waals surface area contributed by atoms with E-state index in [1.807, 2.05) is 6.92 Å². The van der Waals surface area contributed by atoms with Crippen molar-refractivity contribution in [2.24, 2.45) is 0 Å². The van der Waals surface area contributed by atoms with E-state index in [4.69, 9.17) is 10.2 Å². The lowest BCUT2D eigenvalue weighted by Crippen LogP contribution is -2.58. The first-order chi connectivity index (χ1) is 6.08. The van der Waals surface area contributed by atoms with Crippen LogP contribution < -0.4 is 5.32 Å². The largest absolute Gasteiger partial charge is 0.481 e. The minimum atomic E-state index is -0.765. The van der Waals surface area contributed by atoms with Gasteiger partial charge in [0.05, 0.1) is 17.8 Å². The SMILES string of the molecule is CC(CO)SC1(CC(=O)O)CNC1. The van der Waals surface area contributed by atoms with Gasteiger partial charge in [-0.2, -0.15) is 0 Å². The molecule has 1 aliphatic rings. The molecule has 13 heavy (non-hydrogen) atoms. The number of hydrogen-bond donors (Lipinski definition) is 3. The summed E-state index contributed by atoms with van der Waals surface area (Å²) in [5, 5.41) is 20.7. The number of hydrogen-bond acceptors (Lipinski definition) is 4. The van der Waals surface area contributed by atoms with E-state index >= 15 is 0 Å². The molecule has 0 aromatic carbocycles. The number of aliphatic hydroxyl groups excluding tert-OH is 1. The van der Waals surface area contributed by atoms with Crippen molar-refractivity contribution < 1.29 is 15.0 Å².